The molecule has 0 spiro atoms. The third-order valence-electron chi connectivity index (χ3n) is 1.18. The molecular formula is C5H9OZr. The molecule has 0 aromatic heterocycles. The molecule has 0 aliphatic carbocycles. The van der Waals surface area contributed by atoms with Crippen LogP contribution in [-0.2, 0) is 29.5 Å². The quantitative estimate of drug-likeness (QED) is 0.536. The van der Waals surface area contributed by atoms with E-state index in [0.717, 1.165) is 6.61 Å². The van der Waals surface area contributed by atoms with E-state index in [1.165, 1.54) is 19.3 Å². The molecule has 0 bridgehead atoms. The molecule has 1 fully saturated rings. The third-order valence-corrected chi connectivity index (χ3v) is 2.30. The molecule has 1 unspecified atom stereocenters. The Kier molecular flexibility index (Phi) is 2.55. The molecular weight excluding hydrogens is 167 g/mol. The van der Waals surface area contributed by atoms with Crippen LogP contribution in [-0.4, -0.2) is 10.4 Å². The second-order valence-electron chi connectivity index (χ2n) is 1.86. The second-order valence-corrected chi connectivity index (χ2v) is 3.44. The SMILES string of the molecule is [Zr][CH]1CCCCO1. The molecule has 0 saturated carbocycles. The van der Waals surface area contributed by atoms with Crippen LogP contribution >= 0.6 is 0 Å². The van der Waals surface area contributed by atoms with Crippen molar-refractivity contribution in [3.05, 3.63) is 0 Å². The Morgan fingerprint density at radius 3 is 2.57 bits per heavy atom. The molecule has 39 valence electrons. The van der Waals surface area contributed by atoms with Gasteiger partial charge in [-0.05, 0) is 0 Å². The summed E-state index contributed by atoms with van der Waals surface area (Å²) in [6.45, 7) is 1.01. The van der Waals surface area contributed by atoms with Gasteiger partial charge < -0.3 is 0 Å². The van der Waals surface area contributed by atoms with Gasteiger partial charge in [-0.2, -0.15) is 0 Å². The van der Waals surface area contributed by atoms with Crippen molar-refractivity contribution in [3.63, 3.8) is 0 Å². The Balaban J connectivity index is 2.12. The van der Waals surface area contributed by atoms with Crippen LogP contribution in [0, 0.1) is 0 Å². The van der Waals surface area contributed by atoms with Crippen LogP contribution in [0.15, 0.2) is 0 Å². The molecule has 1 aliphatic heterocycles. The van der Waals surface area contributed by atoms with E-state index in [1.54, 1.807) is 24.7 Å². The van der Waals surface area contributed by atoms with Crippen molar-refractivity contribution in [2.75, 3.05) is 6.61 Å². The summed E-state index contributed by atoms with van der Waals surface area (Å²) >= 11 is 1.55. The van der Waals surface area contributed by atoms with E-state index >= 15 is 0 Å². The fourth-order valence-corrected chi connectivity index (χ4v) is 1.53. The molecule has 0 aromatic rings. The summed E-state index contributed by atoms with van der Waals surface area (Å²) < 4.78 is 5.94. The third kappa shape index (κ3) is 2.05. The molecule has 2 heteroatoms. The van der Waals surface area contributed by atoms with Gasteiger partial charge in [-0.25, -0.2) is 0 Å². The summed E-state index contributed by atoms with van der Waals surface area (Å²) in [5.74, 6) is 0. The van der Waals surface area contributed by atoms with Crippen LogP contribution in [0.3, 0.4) is 0 Å². The van der Waals surface area contributed by atoms with E-state index in [4.69, 9.17) is 4.74 Å². The normalized spacial score (nSPS) is 32.7. The first-order valence-electron chi connectivity index (χ1n) is 2.72. The van der Waals surface area contributed by atoms with Crippen LogP contribution in [0.5, 0.6) is 0 Å². The number of rotatable bonds is 0. The first-order valence-corrected chi connectivity index (χ1v) is 4.14. The van der Waals surface area contributed by atoms with E-state index in [-0.39, 0.29) is 0 Å². The first kappa shape index (κ1) is 5.97. The van der Waals surface area contributed by atoms with Gasteiger partial charge in [0, 0.05) is 0 Å². The minimum absolute atomic E-state index is 0.626. The number of hydrogen-bond donors (Lipinski definition) is 0. The van der Waals surface area contributed by atoms with Crippen LogP contribution in [0.4, 0.5) is 0 Å². The average Bonchev–Trinajstić information content (AvgIpc) is 1.69. The van der Waals surface area contributed by atoms with Crippen molar-refractivity contribution < 1.29 is 29.5 Å². The van der Waals surface area contributed by atoms with Gasteiger partial charge in [-0.1, -0.05) is 0 Å². The van der Waals surface area contributed by atoms with E-state index in [2.05, 4.69) is 0 Å². The molecule has 0 radical (unpaired) electrons. The van der Waals surface area contributed by atoms with Gasteiger partial charge in [0.05, 0.1) is 0 Å². The summed E-state index contributed by atoms with van der Waals surface area (Å²) in [5, 5.41) is 0. The Bertz CT molecular complexity index is 50.0. The maximum atomic E-state index is 5.32. The van der Waals surface area contributed by atoms with Gasteiger partial charge in [-0.15, -0.1) is 0 Å². The van der Waals surface area contributed by atoms with Gasteiger partial charge in [0.15, 0.2) is 0 Å². The second kappa shape index (κ2) is 2.99. The Morgan fingerprint density at radius 2 is 2.29 bits per heavy atom. The van der Waals surface area contributed by atoms with Gasteiger partial charge in [0.1, 0.15) is 0 Å². The molecule has 0 aromatic carbocycles. The summed E-state index contributed by atoms with van der Waals surface area (Å²) in [5.41, 5.74) is 0. The molecule has 1 nitrogen and oxygen atoms in total. The Labute approximate surface area is 59.3 Å². The number of hydrogen-bond acceptors (Lipinski definition) is 1. The zero-order valence-corrected chi connectivity index (χ0v) is 6.77. The van der Waals surface area contributed by atoms with Crippen molar-refractivity contribution in [3.8, 4) is 0 Å². The van der Waals surface area contributed by atoms with Gasteiger partial charge in [0.2, 0.25) is 0 Å². The van der Waals surface area contributed by atoms with Crippen LogP contribution in [0.25, 0.3) is 0 Å². The van der Waals surface area contributed by atoms with Gasteiger partial charge in [0.25, 0.3) is 0 Å². The summed E-state index contributed by atoms with van der Waals surface area (Å²) in [6.07, 6.45) is 3.97. The van der Waals surface area contributed by atoms with E-state index < -0.39 is 0 Å². The summed E-state index contributed by atoms with van der Waals surface area (Å²) in [7, 11) is 0. The van der Waals surface area contributed by atoms with E-state index in [9.17, 15) is 0 Å². The fraction of sp³-hybridized carbons (Fsp3) is 1.00. The number of ether oxygens (including phenoxy) is 1. The van der Waals surface area contributed by atoms with Crippen LogP contribution < -0.4 is 0 Å². The topological polar surface area (TPSA) is 9.23 Å². The standard InChI is InChI=1S/C5H9O.Zr/c1-2-4-6-5-3-1;/h4H,1-3,5H2;. The van der Waals surface area contributed by atoms with E-state index in [0.29, 0.717) is 3.81 Å². The van der Waals surface area contributed by atoms with Crippen molar-refractivity contribution >= 4 is 0 Å². The van der Waals surface area contributed by atoms with Gasteiger partial charge >= 0.3 is 59.1 Å². The molecule has 0 N–H and O–H groups in total. The predicted molar refractivity (Wildman–Crippen MR) is 23.6 cm³/mol. The molecule has 1 rings (SSSR count). The molecule has 1 heterocycles. The molecule has 7 heavy (non-hydrogen) atoms. The molecule has 1 aliphatic rings. The Hall–Kier alpha value is 0.843. The monoisotopic (exact) mass is 175 g/mol. The first-order chi connectivity index (χ1) is 3.39. The minimum atomic E-state index is 0.626. The predicted octanol–water partition coefficient (Wildman–Crippen LogP) is 1.06. The molecule has 0 amide bonds. The van der Waals surface area contributed by atoms with Crippen molar-refractivity contribution in [1.82, 2.24) is 0 Å². The summed E-state index contributed by atoms with van der Waals surface area (Å²) in [6, 6.07) is 0. The van der Waals surface area contributed by atoms with Crippen molar-refractivity contribution in [2.24, 2.45) is 0 Å². The fourth-order valence-electron chi connectivity index (χ4n) is 0.741. The maximum absolute atomic E-state index is 5.32. The van der Waals surface area contributed by atoms with Crippen LogP contribution in [0.1, 0.15) is 19.3 Å². The molecule has 1 atom stereocenters. The van der Waals surface area contributed by atoms with E-state index in [1.807, 2.05) is 0 Å². The van der Waals surface area contributed by atoms with Gasteiger partial charge in [-0.3, -0.25) is 0 Å². The van der Waals surface area contributed by atoms with Crippen molar-refractivity contribution in [1.29, 1.82) is 0 Å². The average molecular weight is 176 g/mol. The summed E-state index contributed by atoms with van der Waals surface area (Å²) in [4.78, 5) is 0. The zero-order chi connectivity index (χ0) is 5.11. The zero-order valence-electron chi connectivity index (χ0n) is 4.31. The van der Waals surface area contributed by atoms with Crippen LogP contribution in [0.2, 0.25) is 0 Å². The Morgan fingerprint density at radius 1 is 1.43 bits per heavy atom. The van der Waals surface area contributed by atoms with Crippen molar-refractivity contribution in [2.45, 2.75) is 23.1 Å². The molecule has 1 saturated heterocycles.